The van der Waals surface area contributed by atoms with Crippen molar-refractivity contribution in [1.82, 2.24) is 20.2 Å². The molecule has 0 aliphatic heterocycles. The Balaban J connectivity index is 2.10. The summed E-state index contributed by atoms with van der Waals surface area (Å²) >= 11 is 0. The van der Waals surface area contributed by atoms with Crippen LogP contribution in [0.3, 0.4) is 0 Å². The lowest BCUT2D eigenvalue weighted by atomic mass is 10.1. The largest absolute Gasteiger partial charge is 0.469 e. The molecule has 2 heterocycles. The third-order valence-corrected chi connectivity index (χ3v) is 1.92. The van der Waals surface area contributed by atoms with Crippen molar-refractivity contribution in [1.29, 1.82) is 0 Å². The summed E-state index contributed by atoms with van der Waals surface area (Å²) in [4.78, 5) is 13.0. The highest BCUT2D eigenvalue weighted by Crippen LogP contribution is 2.08. The van der Waals surface area contributed by atoms with Crippen LogP contribution in [-0.4, -0.2) is 26.0 Å². The summed E-state index contributed by atoms with van der Waals surface area (Å²) in [6.07, 6.45) is 1.58. The maximum absolute atomic E-state index is 11.7. The molecule has 0 saturated heterocycles. The molecule has 0 aromatic carbocycles. The molecule has 6 heteroatoms. The fourth-order valence-electron chi connectivity index (χ4n) is 1.23. The molecule has 0 aliphatic carbocycles. The number of aromatic nitrogens is 4. The molecule has 0 saturated carbocycles. The zero-order valence-electron chi connectivity index (χ0n) is 8.47. The van der Waals surface area contributed by atoms with Crippen LogP contribution in [-0.2, 0) is 13.5 Å². The van der Waals surface area contributed by atoms with Crippen LogP contribution in [0.15, 0.2) is 16.7 Å². The lowest BCUT2D eigenvalue weighted by Gasteiger charge is -1.90. The Hall–Kier alpha value is -1.98. The minimum atomic E-state index is -0.0696. The molecule has 0 radical (unpaired) electrons. The van der Waals surface area contributed by atoms with Crippen LogP contribution in [0.2, 0.25) is 0 Å². The Bertz CT molecular complexity index is 486. The smallest absolute Gasteiger partial charge is 0.182 e. The van der Waals surface area contributed by atoms with Gasteiger partial charge in [-0.3, -0.25) is 4.79 Å². The number of carbonyl (C=O) groups is 1. The van der Waals surface area contributed by atoms with E-state index in [1.54, 1.807) is 20.0 Å². The molecule has 0 spiro atoms. The molecule has 2 aromatic heterocycles. The van der Waals surface area contributed by atoms with Gasteiger partial charge in [-0.2, -0.15) is 4.80 Å². The minimum absolute atomic E-state index is 0.0696. The topological polar surface area (TPSA) is 73.8 Å². The van der Waals surface area contributed by atoms with Crippen LogP contribution in [0.4, 0.5) is 0 Å². The number of hydrogen-bond acceptors (Lipinski definition) is 5. The van der Waals surface area contributed by atoms with Crippen molar-refractivity contribution in [2.75, 3.05) is 0 Å². The second kappa shape index (κ2) is 3.64. The molecule has 0 N–H and O–H groups in total. The van der Waals surface area contributed by atoms with Crippen LogP contribution in [0.1, 0.15) is 21.9 Å². The summed E-state index contributed by atoms with van der Waals surface area (Å²) in [6.45, 7) is 1.79. The molecule has 0 bridgehead atoms. The highest BCUT2D eigenvalue weighted by atomic mass is 16.3. The molecular weight excluding hydrogens is 196 g/mol. The number of tetrazole rings is 1. The molecule has 2 rings (SSSR count). The van der Waals surface area contributed by atoms with Gasteiger partial charge in [0.05, 0.1) is 19.0 Å². The Kier molecular flexibility index (Phi) is 2.32. The van der Waals surface area contributed by atoms with Gasteiger partial charge in [-0.1, -0.05) is 0 Å². The third kappa shape index (κ3) is 2.09. The Labute approximate surface area is 85.9 Å². The van der Waals surface area contributed by atoms with Gasteiger partial charge in [0.15, 0.2) is 11.6 Å². The first kappa shape index (κ1) is 9.57. The van der Waals surface area contributed by atoms with E-state index in [2.05, 4.69) is 15.4 Å². The number of carbonyl (C=O) groups excluding carboxylic acids is 1. The lowest BCUT2D eigenvalue weighted by molar-refractivity contribution is 0.0990. The molecule has 0 amide bonds. The normalized spacial score (nSPS) is 10.5. The van der Waals surface area contributed by atoms with Crippen molar-refractivity contribution in [2.24, 2.45) is 7.05 Å². The Morgan fingerprint density at radius 2 is 2.40 bits per heavy atom. The molecule has 2 aromatic rings. The fraction of sp³-hybridized carbons (Fsp3) is 0.333. The maximum Gasteiger partial charge on any atom is 0.182 e. The zero-order chi connectivity index (χ0) is 10.8. The van der Waals surface area contributed by atoms with Gasteiger partial charge >= 0.3 is 0 Å². The highest BCUT2D eigenvalue weighted by molar-refractivity contribution is 5.96. The van der Waals surface area contributed by atoms with E-state index in [0.29, 0.717) is 17.1 Å². The predicted octanol–water partition coefficient (Wildman–Crippen LogP) is 0.537. The maximum atomic E-state index is 11.7. The van der Waals surface area contributed by atoms with Crippen LogP contribution in [0.5, 0.6) is 0 Å². The molecule has 6 nitrogen and oxygen atoms in total. The summed E-state index contributed by atoms with van der Waals surface area (Å²) in [5.41, 5.74) is 0.542. The van der Waals surface area contributed by atoms with Crippen molar-refractivity contribution in [3.63, 3.8) is 0 Å². The molecule has 0 atom stereocenters. The van der Waals surface area contributed by atoms with Gasteiger partial charge in [0.2, 0.25) is 0 Å². The number of aryl methyl sites for hydroxylation is 2. The molecule has 0 unspecified atom stereocenters. The van der Waals surface area contributed by atoms with Crippen molar-refractivity contribution < 1.29 is 9.21 Å². The lowest BCUT2D eigenvalue weighted by Crippen LogP contribution is -2.04. The van der Waals surface area contributed by atoms with Gasteiger partial charge in [0, 0.05) is 0 Å². The number of ketones is 1. The summed E-state index contributed by atoms with van der Waals surface area (Å²) in [5.74, 6) is 1.06. The van der Waals surface area contributed by atoms with Gasteiger partial charge in [0.25, 0.3) is 0 Å². The van der Waals surface area contributed by atoms with E-state index >= 15 is 0 Å². The van der Waals surface area contributed by atoms with Crippen molar-refractivity contribution in [2.45, 2.75) is 13.3 Å². The summed E-state index contributed by atoms with van der Waals surface area (Å²) < 4.78 is 5.05. The van der Waals surface area contributed by atoms with Gasteiger partial charge in [-0.25, -0.2) is 0 Å². The van der Waals surface area contributed by atoms with Gasteiger partial charge < -0.3 is 4.42 Å². The van der Waals surface area contributed by atoms with Crippen LogP contribution in [0.25, 0.3) is 0 Å². The standard InChI is InChI=1S/C9H10N4O2/c1-6-3-7(5-15-6)8(14)4-9-10-12-13(2)11-9/h3,5H,4H2,1-2H3. The number of Topliss-reactive ketones (excluding diaryl/α,β-unsaturated/α-hetero) is 1. The third-order valence-electron chi connectivity index (χ3n) is 1.92. The number of rotatable bonds is 3. The number of nitrogens with zero attached hydrogens (tertiary/aromatic N) is 4. The van der Waals surface area contributed by atoms with E-state index in [1.165, 1.54) is 11.1 Å². The second-order valence-corrected chi connectivity index (χ2v) is 3.24. The molecule has 15 heavy (non-hydrogen) atoms. The van der Waals surface area contributed by atoms with Gasteiger partial charge in [-0.15, -0.1) is 10.2 Å². The Morgan fingerprint density at radius 1 is 1.60 bits per heavy atom. The van der Waals surface area contributed by atoms with E-state index in [0.717, 1.165) is 0 Å². The quantitative estimate of drug-likeness (QED) is 0.685. The monoisotopic (exact) mass is 206 g/mol. The minimum Gasteiger partial charge on any atom is -0.469 e. The number of hydrogen-bond donors (Lipinski definition) is 0. The summed E-state index contributed by atoms with van der Waals surface area (Å²) in [7, 11) is 1.66. The van der Waals surface area contributed by atoms with Crippen LogP contribution >= 0.6 is 0 Å². The molecular formula is C9H10N4O2. The summed E-state index contributed by atoms with van der Waals surface area (Å²) in [6, 6.07) is 1.69. The van der Waals surface area contributed by atoms with Crippen LogP contribution in [0, 0.1) is 6.92 Å². The van der Waals surface area contributed by atoms with E-state index in [1.807, 2.05) is 0 Å². The first-order valence-corrected chi connectivity index (χ1v) is 4.46. The number of furan rings is 1. The van der Waals surface area contributed by atoms with E-state index < -0.39 is 0 Å². The molecule has 0 aliphatic rings. The van der Waals surface area contributed by atoms with Crippen molar-refractivity contribution in [3.05, 3.63) is 29.5 Å². The zero-order valence-corrected chi connectivity index (χ0v) is 8.47. The average Bonchev–Trinajstić information content (AvgIpc) is 2.75. The fourth-order valence-corrected chi connectivity index (χ4v) is 1.23. The van der Waals surface area contributed by atoms with Gasteiger partial charge in [-0.05, 0) is 18.2 Å². The highest BCUT2D eigenvalue weighted by Gasteiger charge is 2.12. The van der Waals surface area contributed by atoms with E-state index in [-0.39, 0.29) is 12.2 Å². The molecule has 0 fully saturated rings. The SMILES string of the molecule is Cc1cc(C(=O)Cc2nnn(C)n2)co1. The second-order valence-electron chi connectivity index (χ2n) is 3.24. The van der Waals surface area contributed by atoms with E-state index in [4.69, 9.17) is 4.42 Å². The predicted molar refractivity (Wildman–Crippen MR) is 50.3 cm³/mol. The molecule has 78 valence electrons. The first-order valence-electron chi connectivity index (χ1n) is 4.46. The Morgan fingerprint density at radius 3 is 2.93 bits per heavy atom. The van der Waals surface area contributed by atoms with Crippen molar-refractivity contribution >= 4 is 5.78 Å². The van der Waals surface area contributed by atoms with E-state index in [9.17, 15) is 4.79 Å². The van der Waals surface area contributed by atoms with Crippen molar-refractivity contribution in [3.8, 4) is 0 Å². The summed E-state index contributed by atoms with van der Waals surface area (Å²) in [5, 5.41) is 11.3. The van der Waals surface area contributed by atoms with Gasteiger partial charge in [0.1, 0.15) is 12.0 Å². The van der Waals surface area contributed by atoms with Crippen LogP contribution < -0.4 is 0 Å². The average molecular weight is 206 g/mol. The first-order chi connectivity index (χ1) is 7.15.